The number of hydrogen-bond acceptors (Lipinski definition) is 2. The van der Waals surface area contributed by atoms with Gasteiger partial charge in [-0.3, -0.25) is 0 Å². The normalized spacial score (nSPS) is 12.8. The van der Waals surface area contributed by atoms with E-state index in [1.165, 1.54) is 9.13 Å². The zero-order valence-corrected chi connectivity index (χ0v) is 14.6. The summed E-state index contributed by atoms with van der Waals surface area (Å²) in [6.07, 6.45) is 0. The van der Waals surface area contributed by atoms with Crippen molar-refractivity contribution in [2.24, 2.45) is 0 Å². The van der Waals surface area contributed by atoms with Gasteiger partial charge >= 0.3 is 0 Å². The molecule has 1 N–H and O–H groups in total. The predicted octanol–water partition coefficient (Wildman–Crippen LogP) is 5.11. The summed E-state index contributed by atoms with van der Waals surface area (Å²) in [5, 5.41) is 4.48. The van der Waals surface area contributed by atoms with E-state index in [2.05, 4.69) is 74.2 Å². The topological polar surface area (TPSA) is 25.2 Å². The van der Waals surface area contributed by atoms with Crippen LogP contribution in [0.5, 0.6) is 0 Å². The van der Waals surface area contributed by atoms with Crippen molar-refractivity contribution in [2.45, 2.75) is 6.04 Å². The summed E-state index contributed by atoms with van der Waals surface area (Å²) in [5.41, 5.74) is 2.13. The SMILES string of the molecule is CNC(c1cc2ccccc2o1)c1cc(Br)ccc1I. The first-order valence-electron chi connectivity index (χ1n) is 6.29. The molecule has 1 aromatic heterocycles. The molecule has 0 spiro atoms. The van der Waals surface area contributed by atoms with Gasteiger partial charge in [0.25, 0.3) is 0 Å². The second-order valence-electron chi connectivity index (χ2n) is 4.57. The Hall–Kier alpha value is -0.850. The van der Waals surface area contributed by atoms with Crippen molar-refractivity contribution in [2.75, 3.05) is 7.05 Å². The lowest BCUT2D eigenvalue weighted by molar-refractivity contribution is 0.490. The van der Waals surface area contributed by atoms with E-state index in [9.17, 15) is 0 Å². The first kappa shape index (κ1) is 14.1. The lowest BCUT2D eigenvalue weighted by Crippen LogP contribution is -2.18. The maximum atomic E-state index is 5.99. The second-order valence-corrected chi connectivity index (χ2v) is 6.65. The number of benzene rings is 2. The van der Waals surface area contributed by atoms with Crippen LogP contribution in [0.3, 0.4) is 0 Å². The largest absolute Gasteiger partial charge is 0.459 e. The molecule has 0 aliphatic rings. The van der Waals surface area contributed by atoms with Crippen LogP contribution in [0.25, 0.3) is 11.0 Å². The lowest BCUT2D eigenvalue weighted by atomic mass is 10.0. The van der Waals surface area contributed by atoms with E-state index in [1.807, 2.05) is 25.2 Å². The summed E-state index contributed by atoms with van der Waals surface area (Å²) in [6, 6.07) is 16.5. The van der Waals surface area contributed by atoms with Crippen LogP contribution < -0.4 is 5.32 Å². The van der Waals surface area contributed by atoms with Crippen molar-refractivity contribution in [3.8, 4) is 0 Å². The average molecular weight is 442 g/mol. The van der Waals surface area contributed by atoms with Gasteiger partial charge in [-0.2, -0.15) is 0 Å². The molecule has 0 radical (unpaired) electrons. The van der Waals surface area contributed by atoms with E-state index >= 15 is 0 Å². The fourth-order valence-electron chi connectivity index (χ4n) is 2.33. The third-order valence-corrected chi connectivity index (χ3v) is 4.76. The fraction of sp³-hybridized carbons (Fsp3) is 0.125. The Bertz CT molecular complexity index is 720. The molecule has 0 bridgehead atoms. The molecule has 3 aromatic rings. The first-order chi connectivity index (χ1) is 9.69. The molecular weight excluding hydrogens is 429 g/mol. The number of para-hydroxylation sites is 1. The molecule has 2 aromatic carbocycles. The molecular formula is C16H13BrINO. The Labute approximate surface area is 139 Å². The van der Waals surface area contributed by atoms with E-state index in [4.69, 9.17) is 4.42 Å². The van der Waals surface area contributed by atoms with Gasteiger partial charge in [-0.25, -0.2) is 0 Å². The number of rotatable bonds is 3. The second kappa shape index (κ2) is 5.87. The molecule has 0 fully saturated rings. The molecule has 0 amide bonds. The van der Waals surface area contributed by atoms with Gasteiger partial charge in [0.1, 0.15) is 11.3 Å². The van der Waals surface area contributed by atoms with Crippen LogP contribution in [-0.2, 0) is 0 Å². The van der Waals surface area contributed by atoms with Crippen LogP contribution in [0.2, 0.25) is 0 Å². The minimum Gasteiger partial charge on any atom is -0.459 e. The molecule has 4 heteroatoms. The number of halogens is 2. The highest BCUT2D eigenvalue weighted by atomic mass is 127. The molecule has 2 nitrogen and oxygen atoms in total. The van der Waals surface area contributed by atoms with Gasteiger partial charge in [-0.1, -0.05) is 34.1 Å². The average Bonchev–Trinajstić information content (AvgIpc) is 2.87. The lowest BCUT2D eigenvalue weighted by Gasteiger charge is -2.16. The van der Waals surface area contributed by atoms with Crippen molar-refractivity contribution in [1.29, 1.82) is 0 Å². The van der Waals surface area contributed by atoms with E-state index in [0.29, 0.717) is 0 Å². The fourth-order valence-corrected chi connectivity index (χ4v) is 3.36. The molecule has 20 heavy (non-hydrogen) atoms. The number of nitrogens with one attached hydrogen (secondary N) is 1. The zero-order chi connectivity index (χ0) is 14.1. The maximum Gasteiger partial charge on any atom is 0.134 e. The van der Waals surface area contributed by atoms with Crippen LogP contribution >= 0.6 is 38.5 Å². The summed E-state index contributed by atoms with van der Waals surface area (Å²) in [6.45, 7) is 0. The van der Waals surface area contributed by atoms with Crippen molar-refractivity contribution >= 4 is 49.5 Å². The molecule has 0 aliphatic carbocycles. The molecule has 0 saturated heterocycles. The van der Waals surface area contributed by atoms with Crippen LogP contribution in [0.15, 0.2) is 57.4 Å². The van der Waals surface area contributed by atoms with Crippen LogP contribution in [0.1, 0.15) is 17.4 Å². The van der Waals surface area contributed by atoms with Gasteiger partial charge in [0.05, 0.1) is 6.04 Å². The minimum atomic E-state index is 0.0480. The van der Waals surface area contributed by atoms with Gasteiger partial charge in [0, 0.05) is 13.4 Å². The van der Waals surface area contributed by atoms with E-state index in [1.54, 1.807) is 0 Å². The standard InChI is InChI=1S/C16H13BrINO/c1-19-16(12-9-11(17)6-7-13(12)18)15-8-10-4-2-3-5-14(10)20-15/h2-9,16,19H,1H3. The van der Waals surface area contributed by atoms with Crippen LogP contribution in [0, 0.1) is 3.57 Å². The monoisotopic (exact) mass is 441 g/mol. The number of fused-ring (bicyclic) bond motifs is 1. The first-order valence-corrected chi connectivity index (χ1v) is 8.17. The number of furan rings is 1. The zero-order valence-electron chi connectivity index (χ0n) is 10.9. The van der Waals surface area contributed by atoms with Gasteiger partial charge in [-0.05, 0) is 65.5 Å². The maximum absolute atomic E-state index is 5.99. The Kier molecular flexibility index (Phi) is 4.14. The molecule has 3 rings (SSSR count). The van der Waals surface area contributed by atoms with Crippen molar-refractivity contribution in [3.05, 3.63) is 67.9 Å². The summed E-state index contributed by atoms with van der Waals surface area (Å²) in [5.74, 6) is 0.935. The van der Waals surface area contributed by atoms with Crippen LogP contribution in [-0.4, -0.2) is 7.05 Å². The summed E-state index contributed by atoms with van der Waals surface area (Å²) >= 11 is 5.90. The van der Waals surface area contributed by atoms with E-state index in [-0.39, 0.29) is 6.04 Å². The molecule has 1 heterocycles. The third-order valence-electron chi connectivity index (χ3n) is 3.29. The summed E-state index contributed by atoms with van der Waals surface area (Å²) in [4.78, 5) is 0. The molecule has 0 aliphatic heterocycles. The summed E-state index contributed by atoms with van der Waals surface area (Å²) < 4.78 is 8.28. The van der Waals surface area contributed by atoms with E-state index in [0.717, 1.165) is 21.2 Å². The minimum absolute atomic E-state index is 0.0480. The van der Waals surface area contributed by atoms with Crippen molar-refractivity contribution in [3.63, 3.8) is 0 Å². The Morgan fingerprint density at radius 2 is 1.95 bits per heavy atom. The van der Waals surface area contributed by atoms with Crippen molar-refractivity contribution in [1.82, 2.24) is 5.32 Å². The van der Waals surface area contributed by atoms with Gasteiger partial charge in [0.15, 0.2) is 0 Å². The quantitative estimate of drug-likeness (QED) is 0.571. The third kappa shape index (κ3) is 2.64. The predicted molar refractivity (Wildman–Crippen MR) is 94.0 cm³/mol. The highest BCUT2D eigenvalue weighted by Gasteiger charge is 2.19. The molecule has 1 unspecified atom stereocenters. The highest BCUT2D eigenvalue weighted by molar-refractivity contribution is 14.1. The van der Waals surface area contributed by atoms with E-state index < -0.39 is 0 Å². The highest BCUT2D eigenvalue weighted by Crippen LogP contribution is 2.31. The Balaban J connectivity index is 2.11. The molecule has 1 atom stereocenters. The Morgan fingerprint density at radius 3 is 2.70 bits per heavy atom. The summed E-state index contributed by atoms with van der Waals surface area (Å²) in [7, 11) is 1.95. The van der Waals surface area contributed by atoms with Gasteiger partial charge in [-0.15, -0.1) is 0 Å². The van der Waals surface area contributed by atoms with Crippen molar-refractivity contribution < 1.29 is 4.42 Å². The van der Waals surface area contributed by atoms with Crippen LogP contribution in [0.4, 0.5) is 0 Å². The van der Waals surface area contributed by atoms with Gasteiger partial charge in [0.2, 0.25) is 0 Å². The Morgan fingerprint density at radius 1 is 1.15 bits per heavy atom. The molecule has 102 valence electrons. The smallest absolute Gasteiger partial charge is 0.134 e. The molecule has 0 saturated carbocycles. The number of hydrogen-bond donors (Lipinski definition) is 1. The van der Waals surface area contributed by atoms with Gasteiger partial charge < -0.3 is 9.73 Å².